The van der Waals surface area contributed by atoms with E-state index < -0.39 is 9.84 Å². The summed E-state index contributed by atoms with van der Waals surface area (Å²) >= 11 is 0. The van der Waals surface area contributed by atoms with Gasteiger partial charge in [-0.2, -0.15) is 0 Å². The number of nitrogens with one attached hydrogen (secondary N) is 1. The molecular formula is C14H18N2O4S. The van der Waals surface area contributed by atoms with Crippen molar-refractivity contribution in [1.82, 2.24) is 0 Å². The highest BCUT2D eigenvalue weighted by Crippen LogP contribution is 2.24. The van der Waals surface area contributed by atoms with Gasteiger partial charge in [-0.1, -0.05) is 6.07 Å². The van der Waals surface area contributed by atoms with Gasteiger partial charge in [0.1, 0.15) is 9.84 Å². The smallest absolute Gasteiger partial charge is 0.227 e. The summed E-state index contributed by atoms with van der Waals surface area (Å²) in [6.45, 7) is 0.685. The molecule has 1 N–H and O–H groups in total. The van der Waals surface area contributed by atoms with Crippen LogP contribution in [0.25, 0.3) is 0 Å². The molecule has 0 unspecified atom stereocenters. The van der Waals surface area contributed by atoms with Crippen LogP contribution in [0.2, 0.25) is 0 Å². The highest BCUT2D eigenvalue weighted by Gasteiger charge is 2.21. The van der Waals surface area contributed by atoms with Crippen molar-refractivity contribution in [2.24, 2.45) is 0 Å². The number of rotatable bonds is 5. The predicted molar refractivity (Wildman–Crippen MR) is 81.0 cm³/mol. The van der Waals surface area contributed by atoms with E-state index in [1.165, 1.54) is 0 Å². The van der Waals surface area contributed by atoms with Gasteiger partial charge in [-0.25, -0.2) is 8.42 Å². The van der Waals surface area contributed by atoms with E-state index in [1.807, 2.05) is 6.07 Å². The number of sulfone groups is 1. The fourth-order valence-electron chi connectivity index (χ4n) is 2.17. The Bertz CT molecular complexity index is 655. The second kappa shape index (κ2) is 6.26. The van der Waals surface area contributed by atoms with Crippen LogP contribution in [-0.2, 0) is 19.4 Å². The summed E-state index contributed by atoms with van der Waals surface area (Å²) in [4.78, 5) is 25.1. The molecule has 0 aliphatic carbocycles. The molecule has 1 aromatic rings. The lowest BCUT2D eigenvalue weighted by Gasteiger charge is -2.16. The Morgan fingerprint density at radius 1 is 1.38 bits per heavy atom. The standard InChI is InChI=1S/C14H18N2O4S/c1-21(19,20)9-7-13(17)15-11-4-2-5-12(10-11)16-8-3-6-14(16)18/h2,4-5,10H,3,6-9H2,1H3,(H,15,17). The Kier molecular flexibility index (Phi) is 4.62. The van der Waals surface area contributed by atoms with Gasteiger partial charge in [0, 0.05) is 37.0 Å². The van der Waals surface area contributed by atoms with Gasteiger partial charge in [-0.15, -0.1) is 0 Å². The van der Waals surface area contributed by atoms with E-state index >= 15 is 0 Å². The van der Waals surface area contributed by atoms with Gasteiger partial charge < -0.3 is 10.2 Å². The van der Waals surface area contributed by atoms with Gasteiger partial charge in [-0.05, 0) is 24.6 Å². The zero-order valence-electron chi connectivity index (χ0n) is 11.8. The summed E-state index contributed by atoms with van der Waals surface area (Å²) in [5.74, 6) is -0.454. The second-order valence-electron chi connectivity index (χ2n) is 5.13. The molecule has 0 radical (unpaired) electrons. The zero-order chi connectivity index (χ0) is 15.5. The summed E-state index contributed by atoms with van der Waals surface area (Å²) < 4.78 is 22.1. The maximum absolute atomic E-state index is 11.7. The van der Waals surface area contributed by atoms with Crippen LogP contribution in [0, 0.1) is 0 Å². The lowest BCUT2D eigenvalue weighted by Crippen LogP contribution is -2.23. The Morgan fingerprint density at radius 3 is 2.76 bits per heavy atom. The van der Waals surface area contributed by atoms with E-state index in [2.05, 4.69) is 5.32 Å². The number of carbonyl (C=O) groups excluding carboxylic acids is 2. The van der Waals surface area contributed by atoms with E-state index in [1.54, 1.807) is 23.1 Å². The van der Waals surface area contributed by atoms with E-state index in [9.17, 15) is 18.0 Å². The number of carbonyl (C=O) groups is 2. The minimum absolute atomic E-state index is 0.0777. The van der Waals surface area contributed by atoms with Crippen LogP contribution < -0.4 is 10.2 Å². The molecule has 1 aliphatic rings. The molecule has 6 nitrogen and oxygen atoms in total. The molecule has 0 aromatic heterocycles. The van der Waals surface area contributed by atoms with Gasteiger partial charge in [0.15, 0.2) is 0 Å². The highest BCUT2D eigenvalue weighted by molar-refractivity contribution is 7.90. The Morgan fingerprint density at radius 2 is 2.14 bits per heavy atom. The predicted octanol–water partition coefficient (Wildman–Crippen LogP) is 1.19. The van der Waals surface area contributed by atoms with Crippen molar-refractivity contribution < 1.29 is 18.0 Å². The molecule has 2 rings (SSSR count). The molecule has 114 valence electrons. The normalized spacial score (nSPS) is 15.3. The summed E-state index contributed by atoms with van der Waals surface area (Å²) in [5.41, 5.74) is 1.31. The maximum Gasteiger partial charge on any atom is 0.227 e. The average molecular weight is 310 g/mol. The van der Waals surface area contributed by atoms with Crippen LogP contribution in [-0.4, -0.2) is 38.8 Å². The summed E-state index contributed by atoms with van der Waals surface area (Å²) in [5, 5.41) is 2.65. The SMILES string of the molecule is CS(=O)(=O)CCC(=O)Nc1cccc(N2CCCC2=O)c1. The van der Waals surface area contributed by atoms with Crippen LogP contribution in [0.5, 0.6) is 0 Å². The summed E-state index contributed by atoms with van der Waals surface area (Å²) in [6.07, 6.45) is 2.40. The molecule has 1 aromatic carbocycles. The van der Waals surface area contributed by atoms with Crippen LogP contribution in [0.15, 0.2) is 24.3 Å². The number of nitrogens with zero attached hydrogens (tertiary/aromatic N) is 1. The third-order valence-corrected chi connectivity index (χ3v) is 4.16. The number of hydrogen-bond donors (Lipinski definition) is 1. The Hall–Kier alpha value is -1.89. The van der Waals surface area contributed by atoms with Crippen LogP contribution in [0.4, 0.5) is 11.4 Å². The molecule has 1 heterocycles. The van der Waals surface area contributed by atoms with Crippen molar-refractivity contribution >= 4 is 33.0 Å². The molecule has 0 atom stereocenters. The molecule has 21 heavy (non-hydrogen) atoms. The van der Waals surface area contributed by atoms with Gasteiger partial charge in [0.25, 0.3) is 0 Å². The number of hydrogen-bond acceptors (Lipinski definition) is 4. The summed E-state index contributed by atoms with van der Waals surface area (Å²) in [6, 6.07) is 7.01. The molecular weight excluding hydrogens is 292 g/mol. The maximum atomic E-state index is 11.7. The molecule has 2 amide bonds. The Balaban J connectivity index is 2.01. The molecule has 0 spiro atoms. The molecule has 0 bridgehead atoms. The fraction of sp³-hybridized carbons (Fsp3) is 0.429. The zero-order valence-corrected chi connectivity index (χ0v) is 12.6. The average Bonchev–Trinajstić information content (AvgIpc) is 2.82. The van der Waals surface area contributed by atoms with Crippen LogP contribution >= 0.6 is 0 Å². The second-order valence-corrected chi connectivity index (χ2v) is 7.39. The van der Waals surface area contributed by atoms with Crippen molar-refractivity contribution in [3.63, 3.8) is 0 Å². The molecule has 1 aliphatic heterocycles. The van der Waals surface area contributed by atoms with Gasteiger partial charge in [0.05, 0.1) is 5.75 Å². The van der Waals surface area contributed by atoms with E-state index in [4.69, 9.17) is 0 Å². The fourth-order valence-corrected chi connectivity index (χ4v) is 2.73. The van der Waals surface area contributed by atoms with E-state index in [-0.39, 0.29) is 24.0 Å². The van der Waals surface area contributed by atoms with Crippen molar-refractivity contribution in [3.8, 4) is 0 Å². The van der Waals surface area contributed by atoms with Crippen LogP contribution in [0.3, 0.4) is 0 Å². The summed E-state index contributed by atoms with van der Waals surface area (Å²) in [7, 11) is -3.15. The first kappa shape index (κ1) is 15.5. The van der Waals surface area contributed by atoms with Crippen LogP contribution in [0.1, 0.15) is 19.3 Å². The van der Waals surface area contributed by atoms with Gasteiger partial charge >= 0.3 is 0 Å². The first-order valence-electron chi connectivity index (χ1n) is 6.73. The van der Waals surface area contributed by atoms with Crippen molar-refractivity contribution in [3.05, 3.63) is 24.3 Å². The number of anilines is 2. The topological polar surface area (TPSA) is 83.6 Å². The Labute approximate surface area is 124 Å². The minimum Gasteiger partial charge on any atom is -0.326 e. The molecule has 1 fully saturated rings. The first-order chi connectivity index (χ1) is 9.85. The first-order valence-corrected chi connectivity index (χ1v) is 8.79. The largest absolute Gasteiger partial charge is 0.326 e. The van der Waals surface area contributed by atoms with Crippen molar-refractivity contribution in [2.75, 3.05) is 28.8 Å². The molecule has 0 saturated carbocycles. The lowest BCUT2D eigenvalue weighted by atomic mass is 10.2. The third-order valence-electron chi connectivity index (χ3n) is 3.21. The van der Waals surface area contributed by atoms with Gasteiger partial charge in [0.2, 0.25) is 11.8 Å². The lowest BCUT2D eigenvalue weighted by molar-refractivity contribution is -0.117. The molecule has 7 heteroatoms. The van der Waals surface area contributed by atoms with Crippen molar-refractivity contribution in [2.45, 2.75) is 19.3 Å². The van der Waals surface area contributed by atoms with Crippen molar-refractivity contribution in [1.29, 1.82) is 0 Å². The monoisotopic (exact) mass is 310 g/mol. The van der Waals surface area contributed by atoms with Gasteiger partial charge in [-0.3, -0.25) is 9.59 Å². The minimum atomic E-state index is -3.15. The number of benzene rings is 1. The van der Waals surface area contributed by atoms with E-state index in [0.29, 0.717) is 18.7 Å². The van der Waals surface area contributed by atoms with E-state index in [0.717, 1.165) is 18.4 Å². The number of amides is 2. The quantitative estimate of drug-likeness (QED) is 0.885. The highest BCUT2D eigenvalue weighted by atomic mass is 32.2. The molecule has 1 saturated heterocycles. The third kappa shape index (κ3) is 4.56.